The predicted molar refractivity (Wildman–Crippen MR) is 91.0 cm³/mol. The number of halogens is 3. The molecular weight excluding hydrogens is 365 g/mol. The number of alkyl halides is 3. The van der Waals surface area contributed by atoms with E-state index in [0.717, 1.165) is 16.3 Å². The SMILES string of the molecule is O=C(c1nc2ccccc2s1)N1CCCC(n2ccc(C(F)(F)F)n2)C1. The number of aromatic nitrogens is 3. The van der Waals surface area contributed by atoms with Crippen molar-refractivity contribution in [3.63, 3.8) is 0 Å². The van der Waals surface area contributed by atoms with Crippen molar-refractivity contribution in [1.82, 2.24) is 19.7 Å². The van der Waals surface area contributed by atoms with Gasteiger partial charge in [-0.3, -0.25) is 9.48 Å². The number of carbonyl (C=O) groups is 1. The molecule has 0 aliphatic carbocycles. The van der Waals surface area contributed by atoms with Crippen LogP contribution in [-0.4, -0.2) is 38.7 Å². The molecule has 2 aromatic heterocycles. The topological polar surface area (TPSA) is 51.0 Å². The van der Waals surface area contributed by atoms with Crippen LogP contribution in [0, 0.1) is 0 Å². The number of likely N-dealkylation sites (tertiary alicyclic amines) is 1. The van der Waals surface area contributed by atoms with Gasteiger partial charge in [-0.25, -0.2) is 4.98 Å². The van der Waals surface area contributed by atoms with E-state index in [1.807, 2.05) is 24.3 Å². The highest BCUT2D eigenvalue weighted by Crippen LogP contribution is 2.30. The van der Waals surface area contributed by atoms with E-state index in [1.54, 1.807) is 4.90 Å². The third-order valence-corrected chi connectivity index (χ3v) is 5.46. The number of fused-ring (bicyclic) bond motifs is 1. The number of benzene rings is 1. The molecule has 1 amide bonds. The van der Waals surface area contributed by atoms with Crippen LogP contribution < -0.4 is 0 Å². The summed E-state index contributed by atoms with van der Waals surface area (Å²) in [4.78, 5) is 18.8. The molecule has 1 fully saturated rings. The number of hydrogen-bond donors (Lipinski definition) is 0. The number of amides is 1. The summed E-state index contributed by atoms with van der Waals surface area (Å²) in [5.74, 6) is -0.181. The molecule has 4 rings (SSSR count). The summed E-state index contributed by atoms with van der Waals surface area (Å²) in [5.41, 5.74) is -0.136. The molecule has 1 atom stereocenters. The molecule has 1 aliphatic heterocycles. The standard InChI is InChI=1S/C17H15F3N4OS/c18-17(19,20)14-7-9-24(22-14)11-4-3-8-23(10-11)16(25)15-21-12-5-1-2-6-13(12)26-15/h1-2,5-7,9,11H,3-4,8,10H2. The lowest BCUT2D eigenvalue weighted by Crippen LogP contribution is -2.40. The lowest BCUT2D eigenvalue weighted by Gasteiger charge is -2.32. The van der Waals surface area contributed by atoms with Gasteiger partial charge < -0.3 is 4.90 Å². The first-order valence-corrected chi connectivity index (χ1v) is 9.00. The Balaban J connectivity index is 1.52. The summed E-state index contributed by atoms with van der Waals surface area (Å²) in [7, 11) is 0. The summed E-state index contributed by atoms with van der Waals surface area (Å²) in [6, 6.07) is 8.21. The molecule has 1 aliphatic rings. The minimum absolute atomic E-state index is 0.181. The first kappa shape index (κ1) is 17.0. The fourth-order valence-electron chi connectivity index (χ4n) is 3.15. The van der Waals surface area contributed by atoms with Gasteiger partial charge in [-0.05, 0) is 31.0 Å². The number of carbonyl (C=O) groups excluding carboxylic acids is 1. The van der Waals surface area contributed by atoms with Gasteiger partial charge in [0.2, 0.25) is 0 Å². The van der Waals surface area contributed by atoms with Crippen LogP contribution in [0.1, 0.15) is 34.4 Å². The van der Waals surface area contributed by atoms with E-state index in [-0.39, 0.29) is 11.9 Å². The second-order valence-corrected chi connectivity index (χ2v) is 7.24. The van der Waals surface area contributed by atoms with E-state index in [1.165, 1.54) is 22.2 Å². The average molecular weight is 380 g/mol. The Labute approximate surface area is 151 Å². The molecule has 3 aromatic rings. The van der Waals surface area contributed by atoms with Crippen LogP contribution in [0.2, 0.25) is 0 Å². The number of rotatable bonds is 2. The van der Waals surface area contributed by atoms with Gasteiger partial charge in [0.15, 0.2) is 10.7 Å². The quantitative estimate of drug-likeness (QED) is 0.676. The van der Waals surface area contributed by atoms with Crippen LogP contribution >= 0.6 is 11.3 Å². The van der Waals surface area contributed by atoms with E-state index in [0.29, 0.717) is 30.9 Å². The number of para-hydroxylation sites is 1. The van der Waals surface area contributed by atoms with E-state index in [2.05, 4.69) is 10.1 Å². The van der Waals surface area contributed by atoms with E-state index in [9.17, 15) is 18.0 Å². The molecule has 9 heteroatoms. The van der Waals surface area contributed by atoms with Gasteiger partial charge in [0.1, 0.15) is 0 Å². The Bertz CT molecular complexity index is 916. The third kappa shape index (κ3) is 3.18. The van der Waals surface area contributed by atoms with Gasteiger partial charge in [-0.2, -0.15) is 18.3 Å². The second kappa shape index (κ2) is 6.39. The van der Waals surface area contributed by atoms with Crippen LogP contribution in [0.5, 0.6) is 0 Å². The predicted octanol–water partition coefficient (Wildman–Crippen LogP) is 3.99. The lowest BCUT2D eigenvalue weighted by molar-refractivity contribution is -0.141. The van der Waals surface area contributed by atoms with Crippen molar-refractivity contribution in [3.05, 3.63) is 47.2 Å². The summed E-state index contributed by atoms with van der Waals surface area (Å²) in [6.45, 7) is 0.895. The number of hydrogen-bond acceptors (Lipinski definition) is 4. The zero-order valence-corrected chi connectivity index (χ0v) is 14.4. The van der Waals surface area contributed by atoms with Gasteiger partial charge in [-0.15, -0.1) is 11.3 Å². The molecule has 1 aromatic carbocycles. The van der Waals surface area contributed by atoms with E-state index < -0.39 is 11.9 Å². The average Bonchev–Trinajstić information content (AvgIpc) is 3.28. The molecule has 0 radical (unpaired) electrons. The monoisotopic (exact) mass is 380 g/mol. The Morgan fingerprint density at radius 1 is 1.23 bits per heavy atom. The number of thiazole rings is 1. The molecule has 0 saturated carbocycles. The maximum atomic E-state index is 12.8. The highest BCUT2D eigenvalue weighted by atomic mass is 32.1. The smallest absolute Gasteiger partial charge is 0.334 e. The highest BCUT2D eigenvalue weighted by Gasteiger charge is 2.35. The van der Waals surface area contributed by atoms with Crippen molar-refractivity contribution in [3.8, 4) is 0 Å². The maximum Gasteiger partial charge on any atom is 0.435 e. The Morgan fingerprint density at radius 3 is 2.77 bits per heavy atom. The van der Waals surface area contributed by atoms with Crippen molar-refractivity contribution in [2.45, 2.75) is 25.1 Å². The summed E-state index contributed by atoms with van der Waals surface area (Å²) < 4.78 is 40.5. The zero-order chi connectivity index (χ0) is 18.3. The minimum atomic E-state index is -4.46. The van der Waals surface area contributed by atoms with Crippen LogP contribution in [0.3, 0.4) is 0 Å². The molecule has 0 bridgehead atoms. The van der Waals surface area contributed by atoms with Gasteiger partial charge in [0.25, 0.3) is 5.91 Å². The Hall–Kier alpha value is -2.42. The fraction of sp³-hybridized carbons (Fsp3) is 0.353. The first-order chi connectivity index (χ1) is 12.4. The Morgan fingerprint density at radius 2 is 2.04 bits per heavy atom. The van der Waals surface area contributed by atoms with Crippen molar-refractivity contribution in [2.75, 3.05) is 13.1 Å². The minimum Gasteiger partial charge on any atom is -0.334 e. The summed E-state index contributed by atoms with van der Waals surface area (Å²) in [6.07, 6.45) is -1.74. The highest BCUT2D eigenvalue weighted by molar-refractivity contribution is 7.20. The van der Waals surface area contributed by atoms with Crippen LogP contribution in [0.4, 0.5) is 13.2 Å². The molecule has 0 spiro atoms. The first-order valence-electron chi connectivity index (χ1n) is 8.19. The molecule has 5 nitrogen and oxygen atoms in total. The van der Waals surface area contributed by atoms with Crippen molar-refractivity contribution in [2.24, 2.45) is 0 Å². The molecule has 3 heterocycles. The maximum absolute atomic E-state index is 12.8. The van der Waals surface area contributed by atoms with Gasteiger partial charge in [0.05, 0.1) is 16.3 Å². The molecule has 1 saturated heterocycles. The van der Waals surface area contributed by atoms with Crippen molar-refractivity contribution < 1.29 is 18.0 Å². The molecular formula is C17H15F3N4OS. The summed E-state index contributed by atoms with van der Waals surface area (Å²) >= 11 is 1.33. The van der Waals surface area contributed by atoms with E-state index >= 15 is 0 Å². The van der Waals surface area contributed by atoms with Crippen LogP contribution in [0.25, 0.3) is 10.2 Å². The van der Waals surface area contributed by atoms with Crippen molar-refractivity contribution >= 4 is 27.5 Å². The Kier molecular flexibility index (Phi) is 4.18. The second-order valence-electron chi connectivity index (χ2n) is 6.21. The largest absolute Gasteiger partial charge is 0.435 e. The van der Waals surface area contributed by atoms with Crippen molar-refractivity contribution in [1.29, 1.82) is 0 Å². The molecule has 26 heavy (non-hydrogen) atoms. The van der Waals surface area contributed by atoms with Gasteiger partial charge in [0, 0.05) is 19.3 Å². The number of piperidine rings is 1. The molecule has 136 valence electrons. The molecule has 1 unspecified atom stereocenters. The van der Waals surface area contributed by atoms with E-state index in [4.69, 9.17) is 0 Å². The van der Waals surface area contributed by atoms with Gasteiger partial charge in [-0.1, -0.05) is 12.1 Å². The van der Waals surface area contributed by atoms with Gasteiger partial charge >= 0.3 is 6.18 Å². The zero-order valence-electron chi connectivity index (χ0n) is 13.6. The third-order valence-electron chi connectivity index (χ3n) is 4.43. The normalized spacial score (nSPS) is 18.4. The molecule has 0 N–H and O–H groups in total. The van der Waals surface area contributed by atoms with Crippen LogP contribution in [0.15, 0.2) is 36.5 Å². The summed E-state index contributed by atoms with van der Waals surface area (Å²) in [5, 5.41) is 4.05. The fourth-order valence-corrected chi connectivity index (χ4v) is 4.08. The van der Waals surface area contributed by atoms with Crippen LogP contribution in [-0.2, 0) is 6.18 Å². The lowest BCUT2D eigenvalue weighted by atomic mass is 10.1. The number of nitrogens with zero attached hydrogens (tertiary/aromatic N) is 4.